The van der Waals surface area contributed by atoms with Crippen LogP contribution in [0.1, 0.15) is 43.0 Å². The molecule has 0 aliphatic carbocycles. The molecule has 1 rings (SSSR count). The van der Waals surface area contributed by atoms with E-state index < -0.39 is 0 Å². The molecule has 1 aromatic carbocycles. The zero-order valence-corrected chi connectivity index (χ0v) is 11.4. The van der Waals surface area contributed by atoms with Crippen LogP contribution >= 0.6 is 23.2 Å². The van der Waals surface area contributed by atoms with Gasteiger partial charge in [-0.2, -0.15) is 0 Å². The topological polar surface area (TPSA) is 29.1 Å². The van der Waals surface area contributed by atoms with Crippen molar-refractivity contribution in [1.29, 1.82) is 0 Å². The number of amides is 1. The number of carbonyl (C=O) groups excluding carboxylic acids is 1. The zero-order chi connectivity index (χ0) is 12.7. The Morgan fingerprint density at radius 3 is 2.71 bits per heavy atom. The summed E-state index contributed by atoms with van der Waals surface area (Å²) >= 11 is 11.8. The Bertz CT molecular complexity index is 380. The number of hydrogen-bond acceptors (Lipinski definition) is 1. The number of hydrogen-bond donors (Lipinski definition) is 1. The van der Waals surface area contributed by atoms with E-state index in [0.29, 0.717) is 22.2 Å². The molecule has 0 unspecified atom stereocenters. The van der Waals surface area contributed by atoms with Crippen LogP contribution in [0.3, 0.4) is 0 Å². The molecule has 1 aromatic rings. The third-order valence-corrected chi connectivity index (χ3v) is 3.05. The highest BCUT2D eigenvalue weighted by atomic mass is 35.5. The van der Waals surface area contributed by atoms with Crippen LogP contribution in [-0.4, -0.2) is 12.5 Å². The first-order chi connectivity index (χ1) is 8.15. The van der Waals surface area contributed by atoms with Crippen molar-refractivity contribution in [3.8, 4) is 0 Å². The van der Waals surface area contributed by atoms with E-state index in [1.807, 2.05) is 0 Å². The maximum Gasteiger partial charge on any atom is 0.252 e. The first kappa shape index (κ1) is 14.3. The van der Waals surface area contributed by atoms with Crippen LogP contribution in [0.2, 0.25) is 10.0 Å². The fraction of sp³-hybridized carbons (Fsp3) is 0.462. The quantitative estimate of drug-likeness (QED) is 0.770. The Kier molecular flexibility index (Phi) is 6.38. The molecule has 0 fully saturated rings. The van der Waals surface area contributed by atoms with E-state index in [1.54, 1.807) is 18.2 Å². The second kappa shape index (κ2) is 7.57. The predicted molar refractivity (Wildman–Crippen MR) is 72.9 cm³/mol. The summed E-state index contributed by atoms with van der Waals surface area (Å²) in [5.74, 6) is -0.158. The summed E-state index contributed by atoms with van der Waals surface area (Å²) in [4.78, 5) is 11.8. The van der Waals surface area contributed by atoms with Crippen molar-refractivity contribution in [3.05, 3.63) is 33.8 Å². The maximum atomic E-state index is 11.8. The number of halogens is 2. The maximum absolute atomic E-state index is 11.8. The molecule has 0 spiro atoms. The minimum Gasteiger partial charge on any atom is -0.352 e. The molecule has 0 saturated heterocycles. The van der Waals surface area contributed by atoms with Gasteiger partial charge in [-0.15, -0.1) is 0 Å². The van der Waals surface area contributed by atoms with E-state index in [2.05, 4.69) is 12.2 Å². The fourth-order valence-corrected chi connectivity index (χ4v) is 1.90. The first-order valence-corrected chi connectivity index (χ1v) is 6.64. The Labute approximate surface area is 112 Å². The second-order valence-corrected chi connectivity index (χ2v) is 4.78. The second-order valence-electron chi connectivity index (χ2n) is 3.94. The van der Waals surface area contributed by atoms with Gasteiger partial charge in [-0.3, -0.25) is 4.79 Å². The van der Waals surface area contributed by atoms with Gasteiger partial charge in [0.1, 0.15) is 0 Å². The molecule has 17 heavy (non-hydrogen) atoms. The van der Waals surface area contributed by atoms with Crippen LogP contribution in [0.15, 0.2) is 18.2 Å². The molecule has 0 saturated carbocycles. The summed E-state index contributed by atoms with van der Waals surface area (Å²) in [6.45, 7) is 2.84. The summed E-state index contributed by atoms with van der Waals surface area (Å²) < 4.78 is 0. The monoisotopic (exact) mass is 273 g/mol. The van der Waals surface area contributed by atoms with Gasteiger partial charge in [-0.25, -0.2) is 0 Å². The van der Waals surface area contributed by atoms with Crippen molar-refractivity contribution < 1.29 is 4.79 Å². The molecule has 0 atom stereocenters. The van der Waals surface area contributed by atoms with Gasteiger partial charge in [-0.1, -0.05) is 49.4 Å². The average Bonchev–Trinajstić information content (AvgIpc) is 2.32. The Morgan fingerprint density at radius 2 is 2.00 bits per heavy atom. The Balaban J connectivity index is 2.44. The van der Waals surface area contributed by atoms with Gasteiger partial charge in [-0.05, 0) is 24.6 Å². The van der Waals surface area contributed by atoms with Gasteiger partial charge in [0.15, 0.2) is 0 Å². The van der Waals surface area contributed by atoms with Crippen LogP contribution in [-0.2, 0) is 0 Å². The summed E-state index contributed by atoms with van der Waals surface area (Å²) in [5, 5.41) is 3.79. The molecule has 0 aliphatic heterocycles. The standard InChI is InChI=1S/C13H17Cl2NO/c1-2-3-4-5-8-16-13(17)11-9-10(14)6-7-12(11)15/h6-7,9H,2-5,8H2,1H3,(H,16,17). The van der Waals surface area contributed by atoms with Crippen LogP contribution in [0.25, 0.3) is 0 Å². The third-order valence-electron chi connectivity index (χ3n) is 2.49. The molecule has 0 heterocycles. The Morgan fingerprint density at radius 1 is 1.24 bits per heavy atom. The number of nitrogens with one attached hydrogen (secondary N) is 1. The summed E-state index contributed by atoms with van der Waals surface area (Å²) in [7, 11) is 0. The Hall–Kier alpha value is -0.730. The van der Waals surface area contributed by atoms with Crippen molar-refractivity contribution in [2.45, 2.75) is 32.6 Å². The van der Waals surface area contributed by atoms with E-state index in [1.165, 1.54) is 12.8 Å². The fourth-order valence-electron chi connectivity index (χ4n) is 1.52. The zero-order valence-electron chi connectivity index (χ0n) is 9.93. The van der Waals surface area contributed by atoms with E-state index in [-0.39, 0.29) is 5.91 Å². The van der Waals surface area contributed by atoms with Crippen molar-refractivity contribution in [3.63, 3.8) is 0 Å². The number of rotatable bonds is 6. The van der Waals surface area contributed by atoms with Gasteiger partial charge in [0.2, 0.25) is 0 Å². The van der Waals surface area contributed by atoms with Gasteiger partial charge >= 0.3 is 0 Å². The van der Waals surface area contributed by atoms with E-state index >= 15 is 0 Å². The molecule has 0 aromatic heterocycles. The lowest BCUT2D eigenvalue weighted by Gasteiger charge is -2.06. The van der Waals surface area contributed by atoms with Crippen LogP contribution in [0.5, 0.6) is 0 Å². The van der Waals surface area contributed by atoms with Crippen molar-refractivity contribution in [1.82, 2.24) is 5.32 Å². The smallest absolute Gasteiger partial charge is 0.252 e. The van der Waals surface area contributed by atoms with Gasteiger partial charge in [0.25, 0.3) is 5.91 Å². The van der Waals surface area contributed by atoms with Crippen LogP contribution in [0.4, 0.5) is 0 Å². The normalized spacial score (nSPS) is 10.3. The molecule has 1 N–H and O–H groups in total. The highest BCUT2D eigenvalue weighted by Gasteiger charge is 2.09. The van der Waals surface area contributed by atoms with Gasteiger partial charge in [0, 0.05) is 11.6 Å². The van der Waals surface area contributed by atoms with E-state index in [9.17, 15) is 4.79 Å². The number of unbranched alkanes of at least 4 members (excludes halogenated alkanes) is 3. The van der Waals surface area contributed by atoms with Crippen molar-refractivity contribution in [2.75, 3.05) is 6.54 Å². The number of benzene rings is 1. The van der Waals surface area contributed by atoms with Crippen molar-refractivity contribution in [2.24, 2.45) is 0 Å². The lowest BCUT2D eigenvalue weighted by Crippen LogP contribution is -2.24. The average molecular weight is 274 g/mol. The molecular weight excluding hydrogens is 257 g/mol. The lowest BCUT2D eigenvalue weighted by molar-refractivity contribution is 0.0953. The minimum absolute atomic E-state index is 0.158. The molecule has 2 nitrogen and oxygen atoms in total. The molecule has 4 heteroatoms. The van der Waals surface area contributed by atoms with Gasteiger partial charge in [0.05, 0.1) is 10.6 Å². The van der Waals surface area contributed by atoms with E-state index in [4.69, 9.17) is 23.2 Å². The van der Waals surface area contributed by atoms with Gasteiger partial charge < -0.3 is 5.32 Å². The number of carbonyl (C=O) groups is 1. The predicted octanol–water partition coefficient (Wildman–Crippen LogP) is 4.30. The largest absolute Gasteiger partial charge is 0.352 e. The summed E-state index contributed by atoms with van der Waals surface area (Å²) in [6, 6.07) is 4.89. The van der Waals surface area contributed by atoms with Crippen LogP contribution < -0.4 is 5.32 Å². The molecule has 0 radical (unpaired) electrons. The van der Waals surface area contributed by atoms with Crippen molar-refractivity contribution >= 4 is 29.1 Å². The molecule has 0 aliphatic rings. The summed E-state index contributed by atoms with van der Waals surface area (Å²) in [6.07, 6.45) is 4.53. The molecule has 0 bridgehead atoms. The molecule has 1 amide bonds. The highest BCUT2D eigenvalue weighted by Crippen LogP contribution is 2.20. The highest BCUT2D eigenvalue weighted by molar-refractivity contribution is 6.35. The SMILES string of the molecule is CCCCCCNC(=O)c1cc(Cl)ccc1Cl. The van der Waals surface area contributed by atoms with E-state index in [0.717, 1.165) is 12.8 Å². The third kappa shape index (κ3) is 4.97. The summed E-state index contributed by atoms with van der Waals surface area (Å²) in [5.41, 5.74) is 0.439. The minimum atomic E-state index is -0.158. The molecular formula is C13H17Cl2NO. The lowest BCUT2D eigenvalue weighted by atomic mass is 10.2. The molecule has 94 valence electrons. The first-order valence-electron chi connectivity index (χ1n) is 5.88. The van der Waals surface area contributed by atoms with Crippen LogP contribution in [0, 0.1) is 0 Å².